The van der Waals surface area contributed by atoms with Gasteiger partial charge >= 0.3 is 0 Å². The first-order valence-corrected chi connectivity index (χ1v) is 10.9. The second-order valence-corrected chi connectivity index (χ2v) is 7.68. The van der Waals surface area contributed by atoms with Crippen LogP contribution in [0.2, 0.25) is 0 Å². The molecule has 2 aliphatic heterocycles. The first kappa shape index (κ1) is 22.8. The van der Waals surface area contributed by atoms with Crippen LogP contribution >= 0.6 is 0 Å². The summed E-state index contributed by atoms with van der Waals surface area (Å²) in [6.45, 7) is 8.45. The number of fused-ring (bicyclic) bond motifs is 1. The number of alkyl halides is 1. The predicted molar refractivity (Wildman–Crippen MR) is 126 cm³/mol. The van der Waals surface area contributed by atoms with Gasteiger partial charge in [-0.1, -0.05) is 25.2 Å². The minimum Gasteiger partial charge on any atom is -0.367 e. The summed E-state index contributed by atoms with van der Waals surface area (Å²) >= 11 is 0. The minimum absolute atomic E-state index is 0.0802. The van der Waals surface area contributed by atoms with E-state index >= 15 is 0 Å². The van der Waals surface area contributed by atoms with Gasteiger partial charge in [-0.3, -0.25) is 0 Å². The average Bonchev–Trinajstić information content (AvgIpc) is 3.23. The maximum atomic E-state index is 14.7. The number of hydrogen-bond acceptors (Lipinski definition) is 7. The number of hydrogen-bond donors (Lipinski definition) is 5. The molecule has 0 aromatic carbocycles. The Labute approximate surface area is 184 Å². The van der Waals surface area contributed by atoms with Crippen molar-refractivity contribution in [3.05, 3.63) is 72.5 Å². The summed E-state index contributed by atoms with van der Waals surface area (Å²) in [6, 6.07) is -0.317. The van der Waals surface area contributed by atoms with Gasteiger partial charge < -0.3 is 31.5 Å². The van der Waals surface area contributed by atoms with Crippen LogP contribution in [-0.2, 0) is 0 Å². The summed E-state index contributed by atoms with van der Waals surface area (Å²) in [4.78, 5) is 6.83. The molecule has 1 aliphatic carbocycles. The molecule has 0 saturated carbocycles. The second-order valence-electron chi connectivity index (χ2n) is 7.68. The highest BCUT2D eigenvalue weighted by molar-refractivity contribution is 5.85. The first-order chi connectivity index (χ1) is 15.1. The van der Waals surface area contributed by atoms with Crippen molar-refractivity contribution in [1.82, 2.24) is 31.5 Å². The normalized spacial score (nSPS) is 24.6. The highest BCUT2D eigenvalue weighted by Crippen LogP contribution is 2.18. The second kappa shape index (κ2) is 11.5. The van der Waals surface area contributed by atoms with Crippen molar-refractivity contribution in [3.8, 4) is 0 Å². The molecule has 0 amide bonds. The van der Waals surface area contributed by atoms with Crippen LogP contribution in [0, 0.1) is 0 Å². The van der Waals surface area contributed by atoms with Crippen molar-refractivity contribution in [1.29, 1.82) is 0 Å². The summed E-state index contributed by atoms with van der Waals surface area (Å²) in [5.41, 5.74) is 1.70. The lowest BCUT2D eigenvalue weighted by molar-refractivity contribution is 0.303. The Morgan fingerprint density at radius 3 is 2.97 bits per heavy atom. The maximum Gasteiger partial charge on any atom is 0.204 e. The van der Waals surface area contributed by atoms with E-state index in [1.54, 1.807) is 6.08 Å². The molecular formula is C23H34FN7. The number of rotatable bonds is 11. The summed E-state index contributed by atoms with van der Waals surface area (Å²) in [6.07, 6.45) is 15.7. The van der Waals surface area contributed by atoms with Crippen LogP contribution in [-0.4, -0.2) is 55.9 Å². The number of unbranched alkanes of at least 4 members (excludes halogenated alkanes) is 1. The Bertz CT molecular complexity index is 809. The molecular weight excluding hydrogens is 393 g/mol. The van der Waals surface area contributed by atoms with Crippen LogP contribution in [0.25, 0.3) is 0 Å². The van der Waals surface area contributed by atoms with Gasteiger partial charge in [0.15, 0.2) is 0 Å². The Morgan fingerprint density at radius 1 is 1.32 bits per heavy atom. The molecule has 0 bridgehead atoms. The van der Waals surface area contributed by atoms with Crippen LogP contribution < -0.4 is 26.6 Å². The molecule has 0 saturated heterocycles. The molecule has 2 heterocycles. The lowest BCUT2D eigenvalue weighted by atomic mass is 10.0. The third-order valence-electron chi connectivity index (χ3n) is 5.33. The number of halogens is 1. The molecule has 5 N–H and O–H groups in total. The molecule has 0 radical (unpaired) electrons. The van der Waals surface area contributed by atoms with Crippen molar-refractivity contribution in [2.24, 2.45) is 4.99 Å². The smallest absolute Gasteiger partial charge is 0.204 e. The summed E-state index contributed by atoms with van der Waals surface area (Å²) < 4.78 is 14.7. The number of nitrogens with zero attached hydrogens (tertiary/aromatic N) is 2. The third-order valence-corrected chi connectivity index (χ3v) is 5.33. The number of nitrogens with one attached hydrogen (secondary N) is 5. The Hall–Kier alpha value is -2.84. The van der Waals surface area contributed by atoms with Gasteiger partial charge in [0.05, 0.1) is 6.04 Å². The van der Waals surface area contributed by atoms with Gasteiger partial charge in [0.25, 0.3) is 0 Å². The van der Waals surface area contributed by atoms with Crippen LogP contribution in [0.5, 0.6) is 0 Å². The number of guanidine groups is 1. The molecule has 3 atom stereocenters. The van der Waals surface area contributed by atoms with E-state index in [2.05, 4.69) is 57.0 Å². The fourth-order valence-corrected chi connectivity index (χ4v) is 3.34. The molecule has 0 fully saturated rings. The molecule has 168 valence electrons. The molecule has 7 nitrogen and oxygen atoms in total. The van der Waals surface area contributed by atoms with E-state index in [1.807, 2.05) is 42.8 Å². The molecule has 8 heteroatoms. The van der Waals surface area contributed by atoms with Gasteiger partial charge in [-0.05, 0) is 57.1 Å². The molecule has 3 rings (SSSR count). The zero-order valence-corrected chi connectivity index (χ0v) is 18.4. The Morgan fingerprint density at radius 2 is 2.19 bits per heavy atom. The van der Waals surface area contributed by atoms with Gasteiger partial charge in [-0.25, -0.2) is 4.39 Å². The van der Waals surface area contributed by atoms with Gasteiger partial charge in [-0.2, -0.15) is 4.99 Å². The van der Waals surface area contributed by atoms with Gasteiger partial charge in [-0.15, -0.1) is 6.58 Å². The molecule has 31 heavy (non-hydrogen) atoms. The summed E-state index contributed by atoms with van der Waals surface area (Å²) in [7, 11) is 2.06. The SMILES string of the molecule is C=CCC/C=C/NC1=C2C=CNC2NC(NC2=CC(F)C(NCCN(C)CC)C=C2)=N1. The van der Waals surface area contributed by atoms with Crippen molar-refractivity contribution >= 4 is 5.96 Å². The molecule has 3 aliphatic rings. The predicted octanol–water partition coefficient (Wildman–Crippen LogP) is 1.96. The average molecular weight is 428 g/mol. The summed E-state index contributed by atoms with van der Waals surface area (Å²) in [5.74, 6) is 1.31. The largest absolute Gasteiger partial charge is 0.367 e. The van der Waals surface area contributed by atoms with E-state index in [0.717, 1.165) is 43.9 Å². The van der Waals surface area contributed by atoms with Crippen LogP contribution in [0.4, 0.5) is 4.39 Å². The van der Waals surface area contributed by atoms with Crippen molar-refractivity contribution in [2.75, 3.05) is 26.7 Å². The van der Waals surface area contributed by atoms with E-state index < -0.39 is 6.17 Å². The zero-order chi connectivity index (χ0) is 22.1. The van der Waals surface area contributed by atoms with Crippen molar-refractivity contribution in [3.63, 3.8) is 0 Å². The topological polar surface area (TPSA) is 75.8 Å². The fraction of sp³-hybridized carbons (Fsp3) is 0.435. The van der Waals surface area contributed by atoms with Gasteiger partial charge in [0.1, 0.15) is 18.2 Å². The van der Waals surface area contributed by atoms with E-state index in [1.165, 1.54) is 0 Å². The molecule has 0 aromatic heterocycles. The lowest BCUT2D eigenvalue weighted by Gasteiger charge is -2.27. The standard InChI is InChI=1S/C23H34FN7/c1-4-6-7-8-12-26-21-18-11-13-27-22(18)30-23(29-21)28-17-9-10-20(19(24)16-17)25-14-15-31(3)5-2/h4,8-13,16,19-20,22,25-27H,1,5-7,14-15H2,2-3H3,(H2,28,29,30)/b12-8+. The van der Waals surface area contributed by atoms with Gasteiger partial charge in [0.2, 0.25) is 5.96 Å². The molecule has 0 spiro atoms. The van der Waals surface area contributed by atoms with Crippen LogP contribution in [0.1, 0.15) is 19.8 Å². The number of likely N-dealkylation sites (N-methyl/N-ethyl adjacent to an activating group) is 1. The molecule has 3 unspecified atom stereocenters. The van der Waals surface area contributed by atoms with Crippen LogP contribution in [0.15, 0.2) is 77.5 Å². The highest BCUT2D eigenvalue weighted by atomic mass is 19.1. The zero-order valence-electron chi connectivity index (χ0n) is 18.4. The van der Waals surface area contributed by atoms with Gasteiger partial charge in [0, 0.05) is 24.4 Å². The fourth-order valence-electron chi connectivity index (χ4n) is 3.34. The van der Waals surface area contributed by atoms with E-state index in [0.29, 0.717) is 11.7 Å². The van der Waals surface area contributed by atoms with E-state index in [4.69, 9.17) is 0 Å². The lowest BCUT2D eigenvalue weighted by Crippen LogP contribution is -2.51. The highest BCUT2D eigenvalue weighted by Gasteiger charge is 2.26. The summed E-state index contributed by atoms with van der Waals surface area (Å²) in [5, 5.41) is 16.3. The third kappa shape index (κ3) is 6.57. The van der Waals surface area contributed by atoms with E-state index in [9.17, 15) is 4.39 Å². The number of allylic oxidation sites excluding steroid dienone is 3. The van der Waals surface area contributed by atoms with Crippen molar-refractivity contribution in [2.45, 2.75) is 38.1 Å². The van der Waals surface area contributed by atoms with Crippen LogP contribution in [0.3, 0.4) is 0 Å². The maximum absolute atomic E-state index is 14.7. The monoisotopic (exact) mass is 427 g/mol. The Kier molecular flexibility index (Phi) is 8.49. The minimum atomic E-state index is -1.11. The van der Waals surface area contributed by atoms with Crippen molar-refractivity contribution < 1.29 is 4.39 Å². The van der Waals surface area contributed by atoms with E-state index in [-0.39, 0.29) is 12.2 Å². The first-order valence-electron chi connectivity index (χ1n) is 10.9. The quantitative estimate of drug-likeness (QED) is 0.256. The molecule has 0 aromatic rings. The number of aliphatic imine (C=N–C) groups is 1. The Balaban J connectivity index is 1.58.